The Hall–Kier alpha value is -3.35. The molecule has 7 nitrogen and oxygen atoms in total. The van der Waals surface area contributed by atoms with Crippen molar-refractivity contribution in [1.82, 2.24) is 24.7 Å². The standard InChI is InChI=1S/C18H9Cl2F2N7/c19-11-1-9(5-23)2-12(20)17(11)29-14-4-16(24-6-10(14)7-27-29)28-15-3-13(18(21)22)25-8-26-15/h1-4,6-8,18H,(H,24,25,26,28). The topological polar surface area (TPSA) is 92.3 Å². The molecule has 0 aliphatic carbocycles. The summed E-state index contributed by atoms with van der Waals surface area (Å²) < 4.78 is 27.2. The third kappa shape index (κ3) is 3.68. The lowest BCUT2D eigenvalue weighted by Crippen LogP contribution is -2.01. The summed E-state index contributed by atoms with van der Waals surface area (Å²) in [6.07, 6.45) is 1.47. The number of pyridine rings is 1. The van der Waals surface area contributed by atoms with E-state index >= 15 is 0 Å². The van der Waals surface area contributed by atoms with Crippen molar-refractivity contribution in [1.29, 1.82) is 5.26 Å². The fourth-order valence-corrected chi connectivity index (χ4v) is 3.34. The predicted molar refractivity (Wildman–Crippen MR) is 104 cm³/mol. The van der Waals surface area contributed by atoms with Crippen molar-refractivity contribution in [3.63, 3.8) is 0 Å². The van der Waals surface area contributed by atoms with Crippen LogP contribution in [-0.2, 0) is 0 Å². The first kappa shape index (κ1) is 19.0. The van der Waals surface area contributed by atoms with Gasteiger partial charge in [-0.05, 0) is 12.1 Å². The fourth-order valence-electron chi connectivity index (χ4n) is 2.69. The number of hydrogen-bond acceptors (Lipinski definition) is 6. The zero-order chi connectivity index (χ0) is 20.5. The minimum atomic E-state index is -2.71. The first-order valence-electron chi connectivity index (χ1n) is 8.06. The predicted octanol–water partition coefficient (Wildman–Crippen LogP) is 5.07. The smallest absolute Gasteiger partial charge is 0.280 e. The molecule has 3 aromatic heterocycles. The van der Waals surface area contributed by atoms with Crippen LogP contribution in [0.5, 0.6) is 0 Å². The lowest BCUT2D eigenvalue weighted by atomic mass is 10.2. The van der Waals surface area contributed by atoms with Crippen LogP contribution in [0.15, 0.2) is 43.0 Å². The van der Waals surface area contributed by atoms with Gasteiger partial charge < -0.3 is 5.32 Å². The molecule has 0 saturated heterocycles. The number of halogens is 4. The Morgan fingerprint density at radius 2 is 1.72 bits per heavy atom. The summed E-state index contributed by atoms with van der Waals surface area (Å²) in [7, 11) is 0. The largest absolute Gasteiger partial charge is 0.325 e. The third-order valence-electron chi connectivity index (χ3n) is 3.98. The van der Waals surface area contributed by atoms with E-state index in [0.717, 1.165) is 12.4 Å². The Morgan fingerprint density at radius 1 is 1.00 bits per heavy atom. The van der Waals surface area contributed by atoms with Crippen LogP contribution < -0.4 is 5.32 Å². The summed E-state index contributed by atoms with van der Waals surface area (Å²) in [5, 5.41) is 17.4. The van der Waals surface area contributed by atoms with Gasteiger partial charge in [-0.3, -0.25) is 0 Å². The number of aromatic nitrogens is 5. The molecule has 144 valence electrons. The van der Waals surface area contributed by atoms with E-state index < -0.39 is 12.1 Å². The van der Waals surface area contributed by atoms with E-state index in [1.807, 2.05) is 6.07 Å². The molecule has 0 bridgehead atoms. The first-order valence-corrected chi connectivity index (χ1v) is 8.82. The van der Waals surface area contributed by atoms with Crippen molar-refractivity contribution in [2.45, 2.75) is 6.43 Å². The van der Waals surface area contributed by atoms with Gasteiger partial charge in [0, 0.05) is 23.7 Å². The number of nitriles is 1. The van der Waals surface area contributed by atoms with E-state index in [1.54, 1.807) is 18.5 Å². The molecule has 0 aliphatic rings. The summed E-state index contributed by atoms with van der Waals surface area (Å²) in [6.45, 7) is 0. The molecule has 11 heteroatoms. The molecule has 1 aromatic carbocycles. The van der Waals surface area contributed by atoms with Gasteiger partial charge >= 0.3 is 0 Å². The monoisotopic (exact) mass is 431 g/mol. The van der Waals surface area contributed by atoms with E-state index in [9.17, 15) is 8.78 Å². The second-order valence-electron chi connectivity index (χ2n) is 5.84. The van der Waals surface area contributed by atoms with Crippen molar-refractivity contribution in [2.75, 3.05) is 5.32 Å². The van der Waals surface area contributed by atoms with Crippen LogP contribution >= 0.6 is 23.2 Å². The summed E-state index contributed by atoms with van der Waals surface area (Å²) in [5.74, 6) is 0.515. The Morgan fingerprint density at radius 3 is 2.41 bits per heavy atom. The van der Waals surface area contributed by atoms with Crippen LogP contribution in [0.2, 0.25) is 10.0 Å². The van der Waals surface area contributed by atoms with Gasteiger partial charge in [0.2, 0.25) is 0 Å². The van der Waals surface area contributed by atoms with Gasteiger partial charge in [-0.25, -0.2) is 28.4 Å². The normalized spacial score (nSPS) is 11.0. The third-order valence-corrected chi connectivity index (χ3v) is 4.55. The van der Waals surface area contributed by atoms with Gasteiger partial charge in [0.1, 0.15) is 29.3 Å². The lowest BCUT2D eigenvalue weighted by molar-refractivity contribution is 0.146. The fraction of sp³-hybridized carbons (Fsp3) is 0.0556. The number of anilines is 2. The maximum absolute atomic E-state index is 12.8. The van der Waals surface area contributed by atoms with Crippen LogP contribution in [0.25, 0.3) is 16.6 Å². The van der Waals surface area contributed by atoms with Gasteiger partial charge in [0.15, 0.2) is 0 Å². The minimum absolute atomic E-state index is 0.169. The number of alkyl halides is 2. The molecule has 0 spiro atoms. The minimum Gasteiger partial charge on any atom is -0.325 e. The van der Waals surface area contributed by atoms with E-state index in [2.05, 4.69) is 25.4 Å². The van der Waals surface area contributed by atoms with Gasteiger partial charge in [0.25, 0.3) is 6.43 Å². The molecule has 0 unspecified atom stereocenters. The van der Waals surface area contributed by atoms with Gasteiger partial charge in [-0.1, -0.05) is 23.2 Å². The van der Waals surface area contributed by atoms with E-state index in [4.69, 9.17) is 28.5 Å². The second kappa shape index (κ2) is 7.58. The molecule has 29 heavy (non-hydrogen) atoms. The molecule has 0 aliphatic heterocycles. The molecular formula is C18H9Cl2F2N7. The van der Waals surface area contributed by atoms with Gasteiger partial charge in [-0.2, -0.15) is 10.4 Å². The van der Waals surface area contributed by atoms with Gasteiger partial charge in [0.05, 0.1) is 33.4 Å². The second-order valence-corrected chi connectivity index (χ2v) is 6.65. The van der Waals surface area contributed by atoms with Gasteiger partial charge in [-0.15, -0.1) is 0 Å². The average Bonchev–Trinajstić information content (AvgIpc) is 3.10. The molecule has 0 saturated carbocycles. The molecule has 4 aromatic rings. The summed E-state index contributed by atoms with van der Waals surface area (Å²) in [4.78, 5) is 11.7. The summed E-state index contributed by atoms with van der Waals surface area (Å²) in [5.41, 5.74) is 0.938. The maximum Gasteiger partial charge on any atom is 0.280 e. The maximum atomic E-state index is 12.8. The van der Waals surface area contributed by atoms with Crippen LogP contribution in [0.1, 0.15) is 17.7 Å². The van der Waals surface area contributed by atoms with Crippen molar-refractivity contribution in [3.8, 4) is 11.8 Å². The van der Waals surface area contributed by atoms with Crippen molar-refractivity contribution in [3.05, 3.63) is 64.3 Å². The highest BCUT2D eigenvalue weighted by Gasteiger charge is 2.15. The highest BCUT2D eigenvalue weighted by atomic mass is 35.5. The van der Waals surface area contributed by atoms with Crippen molar-refractivity contribution >= 4 is 45.7 Å². The Balaban J connectivity index is 1.76. The summed E-state index contributed by atoms with van der Waals surface area (Å²) in [6, 6.07) is 7.75. The zero-order valence-electron chi connectivity index (χ0n) is 14.3. The average molecular weight is 432 g/mol. The number of nitrogens with one attached hydrogen (secondary N) is 1. The zero-order valence-corrected chi connectivity index (χ0v) is 15.8. The molecule has 0 amide bonds. The van der Waals surface area contributed by atoms with Crippen LogP contribution in [0.4, 0.5) is 20.4 Å². The Kier molecular flexibility index (Phi) is 4.96. The molecule has 1 N–H and O–H groups in total. The molecule has 0 radical (unpaired) electrons. The SMILES string of the molecule is N#Cc1cc(Cl)c(-n2ncc3cnc(Nc4cc(C(F)F)ncn4)cc32)c(Cl)c1. The van der Waals surface area contributed by atoms with Crippen molar-refractivity contribution in [2.24, 2.45) is 0 Å². The molecule has 0 atom stereocenters. The molecule has 0 fully saturated rings. The Labute approximate surface area is 172 Å². The lowest BCUT2D eigenvalue weighted by Gasteiger charge is -2.10. The highest BCUT2D eigenvalue weighted by Crippen LogP contribution is 2.32. The summed E-state index contributed by atoms with van der Waals surface area (Å²) >= 11 is 12.6. The number of nitrogens with zero attached hydrogens (tertiary/aromatic N) is 6. The Bertz CT molecular complexity index is 1240. The number of hydrogen-bond donors (Lipinski definition) is 1. The van der Waals surface area contributed by atoms with Crippen LogP contribution in [0.3, 0.4) is 0 Å². The van der Waals surface area contributed by atoms with Crippen molar-refractivity contribution < 1.29 is 8.78 Å². The molecular weight excluding hydrogens is 423 g/mol. The molecule has 3 heterocycles. The van der Waals surface area contributed by atoms with E-state index in [1.165, 1.54) is 16.8 Å². The number of fused-ring (bicyclic) bond motifs is 1. The van der Waals surface area contributed by atoms with E-state index in [0.29, 0.717) is 28.0 Å². The van der Waals surface area contributed by atoms with Crippen LogP contribution in [0, 0.1) is 11.3 Å². The quantitative estimate of drug-likeness (QED) is 0.484. The molecule has 4 rings (SSSR count). The highest BCUT2D eigenvalue weighted by molar-refractivity contribution is 6.38. The van der Waals surface area contributed by atoms with Crippen LogP contribution in [-0.4, -0.2) is 24.7 Å². The van der Waals surface area contributed by atoms with E-state index in [-0.39, 0.29) is 15.9 Å². The number of rotatable bonds is 4. The number of benzene rings is 1. The first-order chi connectivity index (χ1) is 14.0.